The lowest BCUT2D eigenvalue weighted by molar-refractivity contribution is -0.142. The number of rotatable bonds is 6. The highest BCUT2D eigenvalue weighted by Gasteiger charge is 2.33. The van der Waals surface area contributed by atoms with Crippen molar-refractivity contribution in [2.24, 2.45) is 5.92 Å². The first-order valence-corrected chi connectivity index (χ1v) is 7.25. The van der Waals surface area contributed by atoms with Crippen LogP contribution >= 0.6 is 0 Å². The molecule has 0 radical (unpaired) electrons. The highest BCUT2D eigenvalue weighted by molar-refractivity contribution is 5.78. The first-order chi connectivity index (χ1) is 10.1. The number of aliphatic carboxylic acids is 1. The first kappa shape index (κ1) is 15.4. The van der Waals surface area contributed by atoms with Crippen LogP contribution in [0.2, 0.25) is 0 Å². The van der Waals surface area contributed by atoms with Crippen molar-refractivity contribution in [3.63, 3.8) is 0 Å². The quantitative estimate of drug-likeness (QED) is 0.840. The molecule has 1 amide bonds. The van der Waals surface area contributed by atoms with Crippen LogP contribution in [0.4, 0.5) is 0 Å². The molecular formula is C16H21NO4. The molecule has 1 aliphatic carbocycles. The molecule has 2 atom stereocenters. The van der Waals surface area contributed by atoms with E-state index in [0.717, 1.165) is 24.2 Å². The van der Waals surface area contributed by atoms with E-state index in [1.807, 2.05) is 24.3 Å². The molecule has 114 valence electrons. The van der Waals surface area contributed by atoms with E-state index in [1.54, 1.807) is 7.11 Å². The van der Waals surface area contributed by atoms with Crippen LogP contribution in [0.1, 0.15) is 31.2 Å². The number of carbonyl (C=O) groups is 2. The number of benzene rings is 1. The Bertz CT molecular complexity index is 515. The van der Waals surface area contributed by atoms with E-state index in [9.17, 15) is 9.59 Å². The van der Waals surface area contributed by atoms with Gasteiger partial charge in [-0.2, -0.15) is 0 Å². The fraction of sp³-hybridized carbons (Fsp3) is 0.500. The third kappa shape index (κ3) is 4.21. The number of nitrogens with one attached hydrogen (secondary N) is 1. The Morgan fingerprint density at radius 1 is 1.38 bits per heavy atom. The maximum atomic E-state index is 12.0. The Balaban J connectivity index is 1.83. The second-order valence-corrected chi connectivity index (χ2v) is 5.40. The number of carboxylic acid groups (broad SMARTS) is 1. The number of methoxy groups -OCH3 is 1. The molecule has 1 fully saturated rings. The van der Waals surface area contributed by atoms with Gasteiger partial charge in [0, 0.05) is 12.5 Å². The standard InChI is InChI=1S/C16H21NO4/c1-21-12-5-2-4-11(10-12)8-9-15(18)17-14-7-3-6-13(14)16(19)20/h2,4-5,10,13-14H,3,6-9H2,1H3,(H,17,18)(H,19,20). The van der Waals surface area contributed by atoms with E-state index >= 15 is 0 Å². The van der Waals surface area contributed by atoms with Crippen LogP contribution in [0, 0.1) is 5.92 Å². The van der Waals surface area contributed by atoms with Crippen molar-refractivity contribution >= 4 is 11.9 Å². The van der Waals surface area contributed by atoms with Crippen molar-refractivity contribution in [2.45, 2.75) is 38.1 Å². The van der Waals surface area contributed by atoms with Crippen molar-refractivity contribution in [1.82, 2.24) is 5.32 Å². The van der Waals surface area contributed by atoms with E-state index in [4.69, 9.17) is 9.84 Å². The van der Waals surface area contributed by atoms with Gasteiger partial charge in [0.15, 0.2) is 0 Å². The second kappa shape index (κ2) is 7.11. The maximum Gasteiger partial charge on any atom is 0.308 e. The lowest BCUT2D eigenvalue weighted by Crippen LogP contribution is -2.40. The van der Waals surface area contributed by atoms with Crippen LogP contribution in [0.15, 0.2) is 24.3 Å². The number of hydrogen-bond donors (Lipinski definition) is 2. The summed E-state index contributed by atoms with van der Waals surface area (Å²) in [4.78, 5) is 23.0. The van der Waals surface area contributed by atoms with Crippen LogP contribution < -0.4 is 10.1 Å². The van der Waals surface area contributed by atoms with Gasteiger partial charge in [-0.15, -0.1) is 0 Å². The summed E-state index contributed by atoms with van der Waals surface area (Å²) in [5.41, 5.74) is 1.03. The Kier molecular flexibility index (Phi) is 5.20. The molecule has 1 aromatic carbocycles. The summed E-state index contributed by atoms with van der Waals surface area (Å²) in [6, 6.07) is 7.39. The van der Waals surface area contributed by atoms with E-state index in [2.05, 4.69) is 5.32 Å². The van der Waals surface area contributed by atoms with Gasteiger partial charge in [-0.05, 0) is 37.0 Å². The van der Waals surface area contributed by atoms with Crippen LogP contribution in [0.5, 0.6) is 5.75 Å². The molecular weight excluding hydrogens is 270 g/mol. The number of aryl methyl sites for hydroxylation is 1. The van der Waals surface area contributed by atoms with Gasteiger partial charge in [0.2, 0.25) is 5.91 Å². The largest absolute Gasteiger partial charge is 0.497 e. The minimum atomic E-state index is -0.814. The molecule has 0 aliphatic heterocycles. The number of amides is 1. The third-order valence-corrected chi connectivity index (χ3v) is 3.95. The molecule has 2 unspecified atom stereocenters. The molecule has 0 aromatic heterocycles. The van der Waals surface area contributed by atoms with E-state index < -0.39 is 11.9 Å². The predicted molar refractivity (Wildman–Crippen MR) is 78.2 cm³/mol. The summed E-state index contributed by atoms with van der Waals surface area (Å²) in [5.74, 6) is -0.568. The second-order valence-electron chi connectivity index (χ2n) is 5.40. The fourth-order valence-corrected chi connectivity index (χ4v) is 2.79. The minimum Gasteiger partial charge on any atom is -0.497 e. The maximum absolute atomic E-state index is 12.0. The monoisotopic (exact) mass is 291 g/mol. The summed E-state index contributed by atoms with van der Waals surface area (Å²) in [5, 5.41) is 12.0. The van der Waals surface area contributed by atoms with Crippen LogP contribution in [0.25, 0.3) is 0 Å². The number of carbonyl (C=O) groups excluding carboxylic acids is 1. The SMILES string of the molecule is COc1cccc(CCC(=O)NC2CCCC2C(=O)O)c1. The summed E-state index contributed by atoms with van der Waals surface area (Å²) in [6.45, 7) is 0. The number of hydrogen-bond acceptors (Lipinski definition) is 3. The molecule has 0 saturated heterocycles. The smallest absolute Gasteiger partial charge is 0.308 e. The van der Waals surface area contributed by atoms with E-state index in [1.165, 1.54) is 0 Å². The highest BCUT2D eigenvalue weighted by atomic mass is 16.5. The molecule has 2 rings (SSSR count). The predicted octanol–water partition coefficient (Wildman–Crippen LogP) is 2.00. The third-order valence-electron chi connectivity index (χ3n) is 3.95. The molecule has 0 heterocycles. The molecule has 1 aromatic rings. The summed E-state index contributed by atoms with van der Waals surface area (Å²) in [7, 11) is 1.61. The highest BCUT2D eigenvalue weighted by Crippen LogP contribution is 2.26. The minimum absolute atomic E-state index is 0.0871. The van der Waals surface area contributed by atoms with Crippen LogP contribution in [-0.4, -0.2) is 30.1 Å². The van der Waals surface area contributed by atoms with Gasteiger partial charge in [0.25, 0.3) is 0 Å². The molecule has 5 nitrogen and oxygen atoms in total. The topological polar surface area (TPSA) is 75.6 Å². The van der Waals surface area contributed by atoms with Crippen molar-refractivity contribution in [3.05, 3.63) is 29.8 Å². The van der Waals surface area contributed by atoms with E-state index in [-0.39, 0.29) is 11.9 Å². The molecule has 0 bridgehead atoms. The van der Waals surface area contributed by atoms with Crippen molar-refractivity contribution in [2.75, 3.05) is 7.11 Å². The molecule has 1 aliphatic rings. The fourth-order valence-electron chi connectivity index (χ4n) is 2.79. The average molecular weight is 291 g/mol. The number of ether oxygens (including phenoxy) is 1. The Hall–Kier alpha value is -2.04. The van der Waals surface area contributed by atoms with Gasteiger partial charge in [0.1, 0.15) is 5.75 Å². The van der Waals surface area contributed by atoms with Crippen LogP contribution in [0.3, 0.4) is 0 Å². The zero-order chi connectivity index (χ0) is 15.2. The Morgan fingerprint density at radius 3 is 2.90 bits per heavy atom. The summed E-state index contributed by atoms with van der Waals surface area (Å²) in [6.07, 6.45) is 3.24. The average Bonchev–Trinajstić information content (AvgIpc) is 2.93. The molecule has 2 N–H and O–H groups in total. The van der Waals surface area contributed by atoms with Gasteiger partial charge in [-0.3, -0.25) is 9.59 Å². The normalized spacial score (nSPS) is 21.0. The lowest BCUT2D eigenvalue weighted by atomic mass is 10.0. The van der Waals surface area contributed by atoms with Crippen molar-refractivity contribution < 1.29 is 19.4 Å². The van der Waals surface area contributed by atoms with Gasteiger partial charge < -0.3 is 15.2 Å². The molecule has 0 spiro atoms. The first-order valence-electron chi connectivity index (χ1n) is 7.25. The van der Waals surface area contributed by atoms with Gasteiger partial charge in [-0.1, -0.05) is 18.6 Å². The van der Waals surface area contributed by atoms with Gasteiger partial charge in [0.05, 0.1) is 13.0 Å². The Morgan fingerprint density at radius 2 is 2.19 bits per heavy atom. The lowest BCUT2D eigenvalue weighted by Gasteiger charge is -2.17. The van der Waals surface area contributed by atoms with Crippen LogP contribution in [-0.2, 0) is 16.0 Å². The molecule has 5 heteroatoms. The van der Waals surface area contributed by atoms with Gasteiger partial charge >= 0.3 is 5.97 Å². The molecule has 21 heavy (non-hydrogen) atoms. The van der Waals surface area contributed by atoms with Crippen molar-refractivity contribution in [3.8, 4) is 5.75 Å². The molecule has 1 saturated carbocycles. The zero-order valence-corrected chi connectivity index (χ0v) is 12.2. The summed E-state index contributed by atoms with van der Waals surface area (Å²) >= 11 is 0. The van der Waals surface area contributed by atoms with E-state index in [0.29, 0.717) is 19.3 Å². The zero-order valence-electron chi connectivity index (χ0n) is 12.2. The summed E-state index contributed by atoms with van der Waals surface area (Å²) < 4.78 is 5.14. The van der Waals surface area contributed by atoms with Crippen molar-refractivity contribution in [1.29, 1.82) is 0 Å². The number of carboxylic acids is 1. The van der Waals surface area contributed by atoms with Gasteiger partial charge in [-0.25, -0.2) is 0 Å². The Labute approximate surface area is 124 Å².